The molecule has 150 valence electrons. The summed E-state index contributed by atoms with van der Waals surface area (Å²) in [7, 11) is 1.76. The third kappa shape index (κ3) is 4.48. The van der Waals surface area contributed by atoms with Crippen LogP contribution in [0.1, 0.15) is 22.6 Å². The minimum Gasteiger partial charge on any atom is -0.490 e. The Balaban J connectivity index is 1.76. The molecule has 1 aliphatic heterocycles. The lowest BCUT2D eigenvalue weighted by molar-refractivity contribution is -0.142. The molecule has 9 heteroatoms. The fourth-order valence-electron chi connectivity index (χ4n) is 3.15. The number of aryl methyl sites for hydroxylation is 2. The molecule has 2 aromatic rings. The van der Waals surface area contributed by atoms with Crippen molar-refractivity contribution >= 4 is 11.8 Å². The fraction of sp³-hybridized carbons (Fsp3) is 0.421. The average Bonchev–Trinajstić information content (AvgIpc) is 2.99. The lowest BCUT2D eigenvalue weighted by atomic mass is 9.97. The molecular formula is C19H23FN4O4. The molecule has 0 radical (unpaired) electrons. The number of hydrogen-bond acceptors (Lipinski definition) is 5. The van der Waals surface area contributed by atoms with Gasteiger partial charge in [0.15, 0.2) is 5.69 Å². The van der Waals surface area contributed by atoms with Crippen LogP contribution in [0.4, 0.5) is 4.39 Å². The van der Waals surface area contributed by atoms with E-state index in [0.29, 0.717) is 18.0 Å². The van der Waals surface area contributed by atoms with Gasteiger partial charge in [0, 0.05) is 19.3 Å². The van der Waals surface area contributed by atoms with E-state index in [-0.39, 0.29) is 37.9 Å². The van der Waals surface area contributed by atoms with Crippen LogP contribution in [-0.2, 0) is 16.6 Å². The van der Waals surface area contributed by atoms with Gasteiger partial charge in [-0.05, 0) is 37.3 Å². The maximum Gasteiger partial charge on any atom is 0.274 e. The molecule has 1 saturated heterocycles. The van der Waals surface area contributed by atoms with Crippen molar-refractivity contribution in [2.75, 3.05) is 26.3 Å². The van der Waals surface area contributed by atoms with Crippen LogP contribution in [0.2, 0.25) is 0 Å². The molecule has 0 bridgehead atoms. The van der Waals surface area contributed by atoms with E-state index in [9.17, 15) is 14.0 Å². The summed E-state index contributed by atoms with van der Waals surface area (Å²) < 4.78 is 26.2. The van der Waals surface area contributed by atoms with Crippen LogP contribution >= 0.6 is 0 Å². The van der Waals surface area contributed by atoms with Crippen molar-refractivity contribution in [1.82, 2.24) is 14.7 Å². The standard InChI is InChI=1S/C19H23FN4O4/c1-13-9-16(22-23(13)2)18(26)24-7-8-28-19(11-24,10-17(21)25)12-27-15-5-3-14(20)4-6-15/h3-6,9H,7-8,10-12H2,1-2H3,(H2,21,25)/t19-/m0/s1. The van der Waals surface area contributed by atoms with E-state index < -0.39 is 11.5 Å². The van der Waals surface area contributed by atoms with Gasteiger partial charge in [-0.15, -0.1) is 0 Å². The van der Waals surface area contributed by atoms with Gasteiger partial charge in [-0.25, -0.2) is 4.39 Å². The first-order valence-corrected chi connectivity index (χ1v) is 8.88. The summed E-state index contributed by atoms with van der Waals surface area (Å²) in [5.74, 6) is -0.762. The van der Waals surface area contributed by atoms with Gasteiger partial charge in [0.1, 0.15) is 23.8 Å². The van der Waals surface area contributed by atoms with Gasteiger partial charge in [-0.3, -0.25) is 14.3 Å². The van der Waals surface area contributed by atoms with E-state index in [1.807, 2.05) is 6.92 Å². The highest BCUT2D eigenvalue weighted by atomic mass is 19.1. The second-order valence-electron chi connectivity index (χ2n) is 6.94. The minimum absolute atomic E-state index is 0.00734. The number of carbonyl (C=O) groups is 2. The summed E-state index contributed by atoms with van der Waals surface area (Å²) in [6, 6.07) is 7.22. The molecule has 8 nitrogen and oxygen atoms in total. The number of hydrogen-bond donors (Lipinski definition) is 1. The zero-order chi connectivity index (χ0) is 20.3. The van der Waals surface area contributed by atoms with Crippen LogP contribution < -0.4 is 10.5 Å². The normalized spacial score (nSPS) is 19.5. The van der Waals surface area contributed by atoms with E-state index >= 15 is 0 Å². The summed E-state index contributed by atoms with van der Waals surface area (Å²) in [6.45, 7) is 2.58. The molecule has 2 N–H and O–H groups in total. The number of nitrogens with zero attached hydrogens (tertiary/aromatic N) is 3. The summed E-state index contributed by atoms with van der Waals surface area (Å²) in [5, 5.41) is 4.22. The summed E-state index contributed by atoms with van der Waals surface area (Å²) in [4.78, 5) is 26.1. The van der Waals surface area contributed by atoms with Gasteiger partial charge < -0.3 is 20.1 Å². The predicted molar refractivity (Wildman–Crippen MR) is 98.2 cm³/mol. The number of halogens is 1. The Hall–Kier alpha value is -2.94. The fourth-order valence-corrected chi connectivity index (χ4v) is 3.15. The van der Waals surface area contributed by atoms with Crippen LogP contribution in [0.25, 0.3) is 0 Å². The maximum atomic E-state index is 13.1. The quantitative estimate of drug-likeness (QED) is 0.794. The topological polar surface area (TPSA) is 99.7 Å². The Morgan fingerprint density at radius 1 is 1.36 bits per heavy atom. The number of benzene rings is 1. The number of primary amides is 1. The Morgan fingerprint density at radius 2 is 2.07 bits per heavy atom. The number of morpholine rings is 1. The number of aromatic nitrogens is 2. The number of carbonyl (C=O) groups excluding carboxylic acids is 2. The van der Waals surface area contributed by atoms with Gasteiger partial charge >= 0.3 is 0 Å². The molecule has 3 rings (SSSR count). The number of ether oxygens (including phenoxy) is 2. The van der Waals surface area contributed by atoms with Crippen molar-refractivity contribution in [2.24, 2.45) is 12.8 Å². The summed E-state index contributed by atoms with van der Waals surface area (Å²) in [6.07, 6.45) is -0.112. The molecule has 1 atom stereocenters. The first-order valence-electron chi connectivity index (χ1n) is 8.88. The lowest BCUT2D eigenvalue weighted by Gasteiger charge is -2.41. The van der Waals surface area contributed by atoms with Crippen LogP contribution in [-0.4, -0.2) is 58.4 Å². The second kappa shape index (κ2) is 7.97. The van der Waals surface area contributed by atoms with Crippen LogP contribution in [0.5, 0.6) is 5.75 Å². The Morgan fingerprint density at radius 3 is 2.68 bits per heavy atom. The molecule has 0 spiro atoms. The average molecular weight is 390 g/mol. The van der Waals surface area contributed by atoms with Crippen molar-refractivity contribution in [1.29, 1.82) is 0 Å². The minimum atomic E-state index is -1.09. The van der Waals surface area contributed by atoms with E-state index in [0.717, 1.165) is 5.69 Å². The molecule has 0 saturated carbocycles. The van der Waals surface area contributed by atoms with Gasteiger partial charge in [-0.2, -0.15) is 5.10 Å². The first kappa shape index (κ1) is 19.8. The molecule has 0 unspecified atom stereocenters. The summed E-state index contributed by atoms with van der Waals surface area (Å²) >= 11 is 0. The Labute approximate surface area is 162 Å². The molecule has 1 aliphatic rings. The largest absolute Gasteiger partial charge is 0.490 e. The maximum absolute atomic E-state index is 13.1. The van der Waals surface area contributed by atoms with E-state index in [1.165, 1.54) is 24.3 Å². The van der Waals surface area contributed by atoms with Crippen molar-refractivity contribution in [2.45, 2.75) is 18.9 Å². The molecular weight excluding hydrogens is 367 g/mol. The van der Waals surface area contributed by atoms with Crippen LogP contribution in [0.3, 0.4) is 0 Å². The monoisotopic (exact) mass is 390 g/mol. The predicted octanol–water partition coefficient (Wildman–Crippen LogP) is 1.03. The molecule has 28 heavy (non-hydrogen) atoms. The highest BCUT2D eigenvalue weighted by Gasteiger charge is 2.41. The molecule has 1 aromatic carbocycles. The molecule has 1 fully saturated rings. The SMILES string of the molecule is Cc1cc(C(=O)N2CCO[C@@](COc3ccc(F)cc3)(CC(N)=O)C2)nn1C. The van der Waals surface area contributed by atoms with Crippen molar-refractivity contribution < 1.29 is 23.5 Å². The van der Waals surface area contributed by atoms with Crippen molar-refractivity contribution in [3.05, 3.63) is 47.5 Å². The van der Waals surface area contributed by atoms with Gasteiger partial charge in [0.2, 0.25) is 5.91 Å². The highest BCUT2D eigenvalue weighted by Crippen LogP contribution is 2.25. The van der Waals surface area contributed by atoms with Gasteiger partial charge in [0.05, 0.1) is 19.6 Å². The molecule has 2 amide bonds. The van der Waals surface area contributed by atoms with Crippen LogP contribution in [0.15, 0.2) is 30.3 Å². The number of nitrogens with two attached hydrogens (primary N) is 1. The van der Waals surface area contributed by atoms with Crippen molar-refractivity contribution in [3.8, 4) is 5.75 Å². The van der Waals surface area contributed by atoms with E-state index in [4.69, 9.17) is 15.2 Å². The van der Waals surface area contributed by atoms with Gasteiger partial charge in [0.25, 0.3) is 5.91 Å². The second-order valence-corrected chi connectivity index (χ2v) is 6.94. The van der Waals surface area contributed by atoms with Crippen molar-refractivity contribution in [3.63, 3.8) is 0 Å². The lowest BCUT2D eigenvalue weighted by Crippen LogP contribution is -2.58. The number of rotatable bonds is 6. The first-order chi connectivity index (χ1) is 13.3. The Kier molecular flexibility index (Phi) is 5.64. The van der Waals surface area contributed by atoms with Crippen LogP contribution in [0, 0.1) is 12.7 Å². The summed E-state index contributed by atoms with van der Waals surface area (Å²) in [5.41, 5.74) is 5.51. The third-order valence-corrected chi connectivity index (χ3v) is 4.68. The molecule has 2 heterocycles. The zero-order valence-electron chi connectivity index (χ0n) is 15.9. The zero-order valence-corrected chi connectivity index (χ0v) is 15.9. The smallest absolute Gasteiger partial charge is 0.274 e. The van der Waals surface area contributed by atoms with E-state index in [2.05, 4.69) is 5.10 Å². The molecule has 1 aromatic heterocycles. The van der Waals surface area contributed by atoms with Gasteiger partial charge in [-0.1, -0.05) is 0 Å². The third-order valence-electron chi connectivity index (χ3n) is 4.68. The Bertz CT molecular complexity index is 848. The number of amides is 2. The highest BCUT2D eigenvalue weighted by molar-refractivity contribution is 5.92. The molecule has 0 aliphatic carbocycles. The van der Waals surface area contributed by atoms with E-state index in [1.54, 1.807) is 22.7 Å².